The van der Waals surface area contributed by atoms with Gasteiger partial charge in [0.05, 0.1) is 6.42 Å². The molecule has 0 saturated carbocycles. The largest absolute Gasteiger partial charge is 0.481 e. The number of hydrogen-bond acceptors (Lipinski definition) is 3. The zero-order chi connectivity index (χ0) is 18.4. The van der Waals surface area contributed by atoms with Crippen LogP contribution in [0.25, 0.3) is 0 Å². The van der Waals surface area contributed by atoms with Gasteiger partial charge in [-0.2, -0.15) is 0 Å². The van der Waals surface area contributed by atoms with Crippen LogP contribution in [0.3, 0.4) is 0 Å². The van der Waals surface area contributed by atoms with Gasteiger partial charge in [0.15, 0.2) is 11.6 Å². The SMILES string of the molecule is CC.Cc1cc(F)c(F)cc1CC(CC(=O)O)C(C)(N)C(=O)O. The minimum Gasteiger partial charge on any atom is -0.481 e. The van der Waals surface area contributed by atoms with E-state index in [-0.39, 0.29) is 6.42 Å². The second-order valence-corrected chi connectivity index (χ2v) is 5.28. The molecule has 23 heavy (non-hydrogen) atoms. The topological polar surface area (TPSA) is 101 Å². The molecular weight excluding hydrogens is 308 g/mol. The van der Waals surface area contributed by atoms with Crippen LogP contribution in [0.15, 0.2) is 12.1 Å². The predicted octanol–water partition coefficient (Wildman–Crippen LogP) is 2.73. The first kappa shape index (κ1) is 21.0. The summed E-state index contributed by atoms with van der Waals surface area (Å²) in [6.45, 7) is 6.74. The smallest absolute Gasteiger partial charge is 0.323 e. The molecule has 0 radical (unpaired) electrons. The summed E-state index contributed by atoms with van der Waals surface area (Å²) in [6, 6.07) is 1.93. The van der Waals surface area contributed by atoms with Gasteiger partial charge in [-0.1, -0.05) is 13.8 Å². The molecule has 2 unspecified atom stereocenters. The lowest BCUT2D eigenvalue weighted by Gasteiger charge is -2.29. The Morgan fingerprint density at radius 2 is 1.70 bits per heavy atom. The highest BCUT2D eigenvalue weighted by molar-refractivity contribution is 5.79. The van der Waals surface area contributed by atoms with Crippen molar-refractivity contribution in [2.45, 2.75) is 46.1 Å². The number of rotatable bonds is 6. The van der Waals surface area contributed by atoms with Crippen molar-refractivity contribution in [1.29, 1.82) is 0 Å². The summed E-state index contributed by atoms with van der Waals surface area (Å²) in [6.07, 6.45) is -0.563. The Labute approximate surface area is 134 Å². The maximum Gasteiger partial charge on any atom is 0.323 e. The van der Waals surface area contributed by atoms with Gasteiger partial charge < -0.3 is 15.9 Å². The molecule has 0 spiro atoms. The first-order valence-corrected chi connectivity index (χ1v) is 7.24. The van der Waals surface area contributed by atoms with Crippen LogP contribution in [0, 0.1) is 24.5 Å². The molecule has 0 fully saturated rings. The van der Waals surface area contributed by atoms with Crippen molar-refractivity contribution in [2.24, 2.45) is 11.7 Å². The van der Waals surface area contributed by atoms with Gasteiger partial charge in [0, 0.05) is 5.92 Å². The minimum atomic E-state index is -1.80. The van der Waals surface area contributed by atoms with Crippen molar-refractivity contribution in [3.8, 4) is 0 Å². The number of carboxylic acid groups (broad SMARTS) is 2. The molecular formula is C16H23F2NO4. The summed E-state index contributed by atoms with van der Waals surface area (Å²) in [7, 11) is 0. The van der Waals surface area contributed by atoms with Crippen LogP contribution in [0.5, 0.6) is 0 Å². The Bertz CT molecular complexity index is 573. The Hall–Kier alpha value is -2.02. The highest BCUT2D eigenvalue weighted by atomic mass is 19.2. The summed E-state index contributed by atoms with van der Waals surface area (Å²) >= 11 is 0. The van der Waals surface area contributed by atoms with E-state index >= 15 is 0 Å². The van der Waals surface area contributed by atoms with Crippen molar-refractivity contribution in [3.05, 3.63) is 34.9 Å². The molecule has 0 aliphatic heterocycles. The molecule has 130 valence electrons. The number of aliphatic carboxylic acids is 2. The standard InChI is InChI=1S/C14H17F2NO4.C2H6/c1-7-3-10(15)11(16)5-8(7)4-9(6-12(18)19)14(2,17)13(20)21;1-2/h3,5,9H,4,6,17H2,1-2H3,(H,18,19)(H,20,21);1-2H3. The molecule has 0 bridgehead atoms. The second kappa shape index (κ2) is 8.57. The van der Waals surface area contributed by atoms with Gasteiger partial charge in [-0.15, -0.1) is 0 Å². The highest BCUT2D eigenvalue weighted by Crippen LogP contribution is 2.26. The van der Waals surface area contributed by atoms with Crippen LogP contribution in [-0.4, -0.2) is 27.7 Å². The molecule has 1 aromatic rings. The first-order chi connectivity index (χ1) is 10.6. The van der Waals surface area contributed by atoms with Crippen LogP contribution in [-0.2, 0) is 16.0 Å². The zero-order valence-electron chi connectivity index (χ0n) is 13.7. The minimum absolute atomic E-state index is 0.0748. The van der Waals surface area contributed by atoms with Crippen molar-refractivity contribution < 1.29 is 28.6 Å². The monoisotopic (exact) mass is 331 g/mol. The molecule has 0 saturated heterocycles. The fourth-order valence-corrected chi connectivity index (χ4v) is 2.05. The van der Waals surface area contributed by atoms with E-state index in [2.05, 4.69) is 0 Å². The van der Waals surface area contributed by atoms with Crippen molar-refractivity contribution in [2.75, 3.05) is 0 Å². The van der Waals surface area contributed by atoms with E-state index in [9.17, 15) is 18.4 Å². The van der Waals surface area contributed by atoms with Crippen LogP contribution in [0.1, 0.15) is 38.3 Å². The molecule has 1 aromatic carbocycles. The third kappa shape index (κ3) is 5.59. The maximum absolute atomic E-state index is 13.3. The Balaban J connectivity index is 0.00000232. The lowest BCUT2D eigenvalue weighted by Crippen LogP contribution is -2.52. The molecule has 1 rings (SSSR count). The van der Waals surface area contributed by atoms with Crippen LogP contribution in [0.2, 0.25) is 0 Å². The molecule has 4 N–H and O–H groups in total. The fourth-order valence-electron chi connectivity index (χ4n) is 2.05. The number of halogens is 2. The molecule has 7 heteroatoms. The lowest BCUT2D eigenvalue weighted by molar-refractivity contribution is -0.146. The summed E-state index contributed by atoms with van der Waals surface area (Å²) in [5.74, 6) is -5.61. The van der Waals surface area contributed by atoms with E-state index in [1.54, 1.807) is 0 Å². The summed E-state index contributed by atoms with van der Waals surface area (Å²) in [5.41, 5.74) is 4.63. The third-order valence-corrected chi connectivity index (χ3v) is 3.58. The molecule has 2 atom stereocenters. The zero-order valence-corrected chi connectivity index (χ0v) is 13.7. The van der Waals surface area contributed by atoms with E-state index in [1.165, 1.54) is 13.8 Å². The highest BCUT2D eigenvalue weighted by Gasteiger charge is 2.39. The number of nitrogens with two attached hydrogens (primary N) is 1. The average molecular weight is 331 g/mol. The summed E-state index contributed by atoms with van der Waals surface area (Å²) in [5, 5.41) is 18.0. The van der Waals surface area contributed by atoms with Gasteiger partial charge in [-0.3, -0.25) is 9.59 Å². The van der Waals surface area contributed by atoms with Gasteiger partial charge in [-0.05, 0) is 43.5 Å². The van der Waals surface area contributed by atoms with Crippen LogP contribution >= 0.6 is 0 Å². The van der Waals surface area contributed by atoms with Crippen molar-refractivity contribution in [3.63, 3.8) is 0 Å². The van der Waals surface area contributed by atoms with E-state index in [4.69, 9.17) is 15.9 Å². The van der Waals surface area contributed by atoms with E-state index in [0.29, 0.717) is 11.1 Å². The molecule has 0 aliphatic carbocycles. The van der Waals surface area contributed by atoms with Gasteiger partial charge in [0.25, 0.3) is 0 Å². The molecule has 0 amide bonds. The maximum atomic E-state index is 13.3. The third-order valence-electron chi connectivity index (χ3n) is 3.58. The first-order valence-electron chi connectivity index (χ1n) is 7.24. The fraction of sp³-hybridized carbons (Fsp3) is 0.500. The van der Waals surface area contributed by atoms with Crippen LogP contribution < -0.4 is 5.73 Å². The summed E-state index contributed by atoms with van der Waals surface area (Å²) in [4.78, 5) is 22.1. The Morgan fingerprint density at radius 3 is 2.13 bits per heavy atom. The Kier molecular flexibility index (Phi) is 7.82. The lowest BCUT2D eigenvalue weighted by atomic mass is 9.79. The molecule has 0 aromatic heterocycles. The van der Waals surface area contributed by atoms with Crippen molar-refractivity contribution in [1.82, 2.24) is 0 Å². The second-order valence-electron chi connectivity index (χ2n) is 5.28. The van der Waals surface area contributed by atoms with Crippen molar-refractivity contribution >= 4 is 11.9 Å². The number of hydrogen-bond donors (Lipinski definition) is 3. The Morgan fingerprint density at radius 1 is 1.22 bits per heavy atom. The van der Waals surface area contributed by atoms with E-state index < -0.39 is 41.5 Å². The summed E-state index contributed by atoms with van der Waals surface area (Å²) < 4.78 is 26.4. The molecule has 5 nitrogen and oxygen atoms in total. The van der Waals surface area contributed by atoms with Gasteiger partial charge >= 0.3 is 11.9 Å². The molecule has 0 heterocycles. The van der Waals surface area contributed by atoms with Gasteiger partial charge in [0.1, 0.15) is 5.54 Å². The average Bonchev–Trinajstić information content (AvgIpc) is 2.45. The normalized spacial score (nSPS) is 14.2. The van der Waals surface area contributed by atoms with E-state index in [1.807, 2.05) is 13.8 Å². The predicted molar refractivity (Wildman–Crippen MR) is 82.1 cm³/mol. The number of aryl methyl sites for hydroxylation is 1. The van der Waals surface area contributed by atoms with Crippen LogP contribution in [0.4, 0.5) is 8.78 Å². The van der Waals surface area contributed by atoms with E-state index in [0.717, 1.165) is 12.1 Å². The number of benzene rings is 1. The van der Waals surface area contributed by atoms with Gasteiger partial charge in [-0.25, -0.2) is 8.78 Å². The molecule has 0 aliphatic rings. The van der Waals surface area contributed by atoms with Gasteiger partial charge in [0.2, 0.25) is 0 Å². The number of carbonyl (C=O) groups is 2. The quantitative estimate of drug-likeness (QED) is 0.744. The number of carboxylic acids is 2.